The van der Waals surface area contributed by atoms with Crippen molar-refractivity contribution in [2.24, 2.45) is 5.84 Å². The van der Waals surface area contributed by atoms with E-state index in [2.05, 4.69) is 9.97 Å². The van der Waals surface area contributed by atoms with Gasteiger partial charge >= 0.3 is 6.09 Å². The van der Waals surface area contributed by atoms with Crippen LogP contribution in [0.5, 0.6) is 0 Å². The number of anilines is 2. The Hall–Kier alpha value is -1.60. The zero-order chi connectivity index (χ0) is 12.3. The molecule has 88 valence electrons. The summed E-state index contributed by atoms with van der Waals surface area (Å²) < 4.78 is 0. The number of carbonyl (C=O) groups is 1. The molecule has 0 aliphatic heterocycles. The molecule has 0 atom stereocenters. The SMILES string of the molecule is CCN(C(=O)O)c1c(Cl)ncnc1N(C)N. The van der Waals surface area contributed by atoms with Gasteiger partial charge in [0, 0.05) is 13.6 Å². The second-order valence-corrected chi connectivity index (χ2v) is 3.33. The normalized spacial score (nSPS) is 10.0. The van der Waals surface area contributed by atoms with Gasteiger partial charge in [-0.3, -0.25) is 9.91 Å². The largest absolute Gasteiger partial charge is 0.465 e. The van der Waals surface area contributed by atoms with Crippen molar-refractivity contribution in [1.29, 1.82) is 0 Å². The van der Waals surface area contributed by atoms with Crippen LogP contribution in [-0.2, 0) is 0 Å². The lowest BCUT2D eigenvalue weighted by Crippen LogP contribution is -2.34. The average molecular weight is 246 g/mol. The third-order valence-electron chi connectivity index (χ3n) is 1.91. The Labute approximate surface area is 97.4 Å². The predicted molar refractivity (Wildman–Crippen MR) is 60.7 cm³/mol. The van der Waals surface area contributed by atoms with E-state index in [1.807, 2.05) is 0 Å². The minimum atomic E-state index is -1.14. The topological polar surface area (TPSA) is 95.6 Å². The van der Waals surface area contributed by atoms with Crippen LogP contribution in [0.25, 0.3) is 0 Å². The molecule has 0 spiro atoms. The van der Waals surface area contributed by atoms with Crippen LogP contribution in [0.15, 0.2) is 6.33 Å². The molecule has 16 heavy (non-hydrogen) atoms. The van der Waals surface area contributed by atoms with Crippen LogP contribution in [0.1, 0.15) is 6.92 Å². The Morgan fingerprint density at radius 3 is 2.69 bits per heavy atom. The molecule has 0 bridgehead atoms. The molecule has 1 aromatic heterocycles. The van der Waals surface area contributed by atoms with Gasteiger partial charge in [-0.2, -0.15) is 0 Å². The van der Waals surface area contributed by atoms with Crippen molar-refractivity contribution in [1.82, 2.24) is 9.97 Å². The lowest BCUT2D eigenvalue weighted by atomic mass is 10.4. The summed E-state index contributed by atoms with van der Waals surface area (Å²) in [5.41, 5.74) is 0.184. The quantitative estimate of drug-likeness (QED) is 0.468. The molecule has 7 nitrogen and oxygen atoms in total. The molecule has 0 fully saturated rings. The number of nitrogens with zero attached hydrogens (tertiary/aromatic N) is 4. The molecule has 0 saturated heterocycles. The second kappa shape index (κ2) is 4.95. The third kappa shape index (κ3) is 2.31. The maximum atomic E-state index is 11.0. The van der Waals surface area contributed by atoms with E-state index in [1.54, 1.807) is 6.92 Å². The molecule has 3 N–H and O–H groups in total. The number of rotatable bonds is 3. The van der Waals surface area contributed by atoms with Crippen LogP contribution in [-0.4, -0.2) is 34.8 Å². The lowest BCUT2D eigenvalue weighted by molar-refractivity contribution is 0.202. The Balaban J connectivity index is 3.34. The van der Waals surface area contributed by atoms with Crippen molar-refractivity contribution in [2.45, 2.75) is 6.92 Å². The van der Waals surface area contributed by atoms with Crippen molar-refractivity contribution in [3.63, 3.8) is 0 Å². The van der Waals surface area contributed by atoms with Crippen molar-refractivity contribution < 1.29 is 9.90 Å². The Kier molecular flexibility index (Phi) is 3.86. The number of aromatic nitrogens is 2. The minimum Gasteiger partial charge on any atom is -0.465 e. The fourth-order valence-electron chi connectivity index (χ4n) is 1.23. The van der Waals surface area contributed by atoms with Gasteiger partial charge in [-0.15, -0.1) is 0 Å². The van der Waals surface area contributed by atoms with Gasteiger partial charge in [-0.1, -0.05) is 11.6 Å². The molecule has 1 heterocycles. The van der Waals surface area contributed by atoms with E-state index in [4.69, 9.17) is 22.6 Å². The molecule has 0 saturated carbocycles. The molecular formula is C8H12ClN5O2. The van der Waals surface area contributed by atoms with Crippen LogP contribution < -0.4 is 15.8 Å². The smallest absolute Gasteiger partial charge is 0.412 e. The Bertz CT molecular complexity index is 398. The molecule has 0 unspecified atom stereocenters. The summed E-state index contributed by atoms with van der Waals surface area (Å²) in [5, 5.41) is 10.2. The molecule has 8 heteroatoms. The van der Waals surface area contributed by atoms with Gasteiger partial charge in [0.1, 0.15) is 12.0 Å². The second-order valence-electron chi connectivity index (χ2n) is 2.97. The minimum absolute atomic E-state index is 0.0477. The van der Waals surface area contributed by atoms with E-state index in [0.717, 1.165) is 4.90 Å². The highest BCUT2D eigenvalue weighted by Gasteiger charge is 2.22. The number of hydrogen-bond donors (Lipinski definition) is 2. The summed E-state index contributed by atoms with van der Waals surface area (Å²) >= 11 is 5.85. The van der Waals surface area contributed by atoms with Gasteiger partial charge in [-0.25, -0.2) is 20.6 Å². The van der Waals surface area contributed by atoms with Gasteiger partial charge < -0.3 is 5.11 Å². The summed E-state index contributed by atoms with van der Waals surface area (Å²) in [6.45, 7) is 1.90. The summed E-state index contributed by atoms with van der Waals surface area (Å²) in [7, 11) is 1.54. The van der Waals surface area contributed by atoms with Gasteiger partial charge in [0.05, 0.1) is 0 Å². The molecule has 0 aromatic carbocycles. The van der Waals surface area contributed by atoms with E-state index in [0.29, 0.717) is 0 Å². The van der Waals surface area contributed by atoms with Gasteiger partial charge in [0.15, 0.2) is 11.0 Å². The van der Waals surface area contributed by atoms with Crippen molar-refractivity contribution in [3.05, 3.63) is 11.5 Å². The van der Waals surface area contributed by atoms with Crippen LogP contribution in [0.3, 0.4) is 0 Å². The maximum absolute atomic E-state index is 11.0. The monoisotopic (exact) mass is 245 g/mol. The van der Waals surface area contributed by atoms with Crippen molar-refractivity contribution in [3.8, 4) is 0 Å². The lowest BCUT2D eigenvalue weighted by Gasteiger charge is -2.23. The Morgan fingerprint density at radius 2 is 2.25 bits per heavy atom. The molecule has 0 radical (unpaired) electrons. The van der Waals surface area contributed by atoms with E-state index < -0.39 is 6.09 Å². The molecular weight excluding hydrogens is 234 g/mol. The molecule has 0 aliphatic carbocycles. The number of amides is 1. The van der Waals surface area contributed by atoms with Crippen LogP contribution in [0.2, 0.25) is 5.15 Å². The zero-order valence-corrected chi connectivity index (χ0v) is 9.64. The first-order valence-electron chi connectivity index (χ1n) is 4.48. The number of hydrogen-bond acceptors (Lipinski definition) is 5. The zero-order valence-electron chi connectivity index (χ0n) is 8.88. The average Bonchev–Trinajstić information content (AvgIpc) is 2.20. The first-order chi connectivity index (χ1) is 7.49. The van der Waals surface area contributed by atoms with Gasteiger partial charge in [0.2, 0.25) is 0 Å². The fourth-order valence-corrected chi connectivity index (χ4v) is 1.46. The maximum Gasteiger partial charge on any atom is 0.412 e. The first kappa shape index (κ1) is 12.5. The highest BCUT2D eigenvalue weighted by Crippen LogP contribution is 2.31. The molecule has 0 aliphatic rings. The summed E-state index contributed by atoms with van der Waals surface area (Å²) in [5.74, 6) is 5.79. The third-order valence-corrected chi connectivity index (χ3v) is 2.19. The number of halogens is 1. The highest BCUT2D eigenvalue weighted by molar-refractivity contribution is 6.33. The summed E-state index contributed by atoms with van der Waals surface area (Å²) in [6.07, 6.45) is 0.0857. The van der Waals surface area contributed by atoms with Crippen molar-refractivity contribution in [2.75, 3.05) is 23.5 Å². The molecule has 1 rings (SSSR count). The van der Waals surface area contributed by atoms with Gasteiger partial charge in [0.25, 0.3) is 0 Å². The summed E-state index contributed by atoms with van der Waals surface area (Å²) in [6, 6.07) is 0. The number of hydrazine groups is 1. The van der Waals surface area contributed by atoms with E-state index in [9.17, 15) is 4.79 Å². The van der Waals surface area contributed by atoms with Crippen LogP contribution in [0, 0.1) is 0 Å². The van der Waals surface area contributed by atoms with E-state index >= 15 is 0 Å². The van der Waals surface area contributed by atoms with Crippen LogP contribution >= 0.6 is 11.6 Å². The van der Waals surface area contributed by atoms with Crippen LogP contribution in [0.4, 0.5) is 16.3 Å². The molecule has 1 amide bonds. The fraction of sp³-hybridized carbons (Fsp3) is 0.375. The first-order valence-corrected chi connectivity index (χ1v) is 4.86. The number of nitrogens with two attached hydrogens (primary N) is 1. The van der Waals surface area contributed by atoms with E-state index in [1.165, 1.54) is 18.4 Å². The molecule has 1 aromatic rings. The summed E-state index contributed by atoms with van der Waals surface area (Å²) in [4.78, 5) is 19.7. The predicted octanol–water partition coefficient (Wildman–Crippen LogP) is 0.944. The van der Waals surface area contributed by atoms with Crippen molar-refractivity contribution >= 4 is 29.2 Å². The standard InChI is InChI=1S/C8H12ClN5O2/c1-3-14(8(15)16)5-6(9)11-4-12-7(5)13(2)10/h4H,3,10H2,1-2H3,(H,15,16). The van der Waals surface area contributed by atoms with Gasteiger partial charge in [-0.05, 0) is 6.92 Å². The number of carboxylic acid groups (broad SMARTS) is 1. The Morgan fingerprint density at radius 1 is 1.62 bits per heavy atom. The van der Waals surface area contributed by atoms with E-state index in [-0.39, 0.29) is 23.2 Å². The highest BCUT2D eigenvalue weighted by atomic mass is 35.5.